The van der Waals surface area contributed by atoms with Gasteiger partial charge in [0, 0.05) is 4.88 Å². The summed E-state index contributed by atoms with van der Waals surface area (Å²) in [6, 6.07) is 14.5. The third kappa shape index (κ3) is 5.27. The summed E-state index contributed by atoms with van der Waals surface area (Å²) in [5.41, 5.74) is 5.24. The maximum absolute atomic E-state index is 13.2. The number of thiophene rings is 1. The van der Waals surface area contributed by atoms with Crippen LogP contribution < -0.4 is 20.5 Å². The van der Waals surface area contributed by atoms with Crippen molar-refractivity contribution >= 4 is 33.7 Å². The third-order valence-electron chi connectivity index (χ3n) is 6.51. The van der Waals surface area contributed by atoms with Crippen LogP contribution in [0.3, 0.4) is 0 Å². The van der Waals surface area contributed by atoms with Gasteiger partial charge < -0.3 is 9.47 Å². The van der Waals surface area contributed by atoms with E-state index in [1.54, 1.807) is 37.5 Å². The lowest BCUT2D eigenvalue weighted by atomic mass is 9.97. The van der Waals surface area contributed by atoms with E-state index in [2.05, 4.69) is 15.5 Å². The smallest absolute Gasteiger partial charge is 0.263 e. The van der Waals surface area contributed by atoms with E-state index in [1.807, 2.05) is 36.4 Å². The number of hydrogen-bond donors (Lipinski definition) is 1. The molecular weight excluding hydrogens is 488 g/mol. The third-order valence-corrected chi connectivity index (χ3v) is 7.71. The Morgan fingerprint density at radius 1 is 1.19 bits per heavy atom. The van der Waals surface area contributed by atoms with Crippen LogP contribution in [-0.2, 0) is 24.2 Å². The average Bonchev–Trinajstić information content (AvgIpc) is 3.32. The molecule has 0 bridgehead atoms. The van der Waals surface area contributed by atoms with Crippen molar-refractivity contribution in [3.63, 3.8) is 0 Å². The molecule has 1 unspecified atom stereocenters. The number of carbonyl (C=O) groups is 1. The molecule has 2 aromatic heterocycles. The van der Waals surface area contributed by atoms with Crippen molar-refractivity contribution in [3.8, 4) is 11.5 Å². The zero-order valence-electron chi connectivity index (χ0n) is 20.8. The molecule has 0 radical (unpaired) electrons. The van der Waals surface area contributed by atoms with E-state index in [4.69, 9.17) is 9.47 Å². The van der Waals surface area contributed by atoms with Gasteiger partial charge in [0.2, 0.25) is 0 Å². The van der Waals surface area contributed by atoms with Crippen LogP contribution in [0.1, 0.15) is 47.4 Å². The van der Waals surface area contributed by atoms with Crippen LogP contribution >= 0.6 is 11.3 Å². The van der Waals surface area contributed by atoms with E-state index in [1.165, 1.54) is 22.0 Å². The number of aromatic nitrogens is 2. The summed E-state index contributed by atoms with van der Waals surface area (Å²) in [7, 11) is 1.57. The van der Waals surface area contributed by atoms with Gasteiger partial charge in [-0.3, -0.25) is 14.2 Å². The van der Waals surface area contributed by atoms with E-state index >= 15 is 0 Å². The number of hydrogen-bond acceptors (Lipinski definition) is 7. The molecule has 2 heterocycles. The second-order valence-corrected chi connectivity index (χ2v) is 10.0. The van der Waals surface area contributed by atoms with Crippen LogP contribution in [0.25, 0.3) is 10.2 Å². The highest BCUT2D eigenvalue weighted by Crippen LogP contribution is 2.33. The fourth-order valence-electron chi connectivity index (χ4n) is 4.44. The molecule has 190 valence electrons. The average molecular weight is 517 g/mol. The van der Waals surface area contributed by atoms with Gasteiger partial charge in [-0.15, -0.1) is 11.3 Å². The molecule has 4 aromatic rings. The molecule has 0 spiro atoms. The van der Waals surface area contributed by atoms with Crippen molar-refractivity contribution in [3.05, 3.63) is 86.8 Å². The summed E-state index contributed by atoms with van der Waals surface area (Å²) in [6.45, 7) is 2.09. The molecule has 0 fully saturated rings. The summed E-state index contributed by atoms with van der Waals surface area (Å²) in [4.78, 5) is 32.5. The number of aryl methyl sites for hydroxylation is 2. The predicted molar refractivity (Wildman–Crippen MR) is 145 cm³/mol. The van der Waals surface area contributed by atoms with Gasteiger partial charge in [-0.2, -0.15) is 5.10 Å². The minimum atomic E-state index is -0.760. The minimum absolute atomic E-state index is 0.174. The number of rotatable bonds is 8. The standard InChI is InChI=1S/C28H28N4O4S/c1-18(32-17-29-27-25(28(32)34)21-10-6-7-11-24(21)37-27)26(33)31-30-15-20-12-13-22(23(14-20)35-2)36-16-19-8-4-3-5-9-19/h3-5,8-9,12-15,17-18H,6-7,10-11,16H2,1-2H3,(H,31,33)/b30-15+. The Kier molecular flexibility index (Phi) is 7.32. The van der Waals surface area contributed by atoms with Gasteiger partial charge in [0.05, 0.1) is 25.0 Å². The largest absolute Gasteiger partial charge is 0.493 e. The highest BCUT2D eigenvalue weighted by atomic mass is 32.1. The van der Waals surface area contributed by atoms with Crippen molar-refractivity contribution in [2.75, 3.05) is 7.11 Å². The number of ether oxygens (including phenoxy) is 2. The zero-order chi connectivity index (χ0) is 25.8. The summed E-state index contributed by atoms with van der Waals surface area (Å²) in [5, 5.41) is 4.74. The topological polar surface area (TPSA) is 94.8 Å². The molecule has 1 aliphatic rings. The van der Waals surface area contributed by atoms with Crippen LogP contribution in [0.5, 0.6) is 11.5 Å². The molecule has 1 atom stereocenters. The lowest BCUT2D eigenvalue weighted by Crippen LogP contribution is -2.34. The monoisotopic (exact) mass is 516 g/mol. The Hall–Kier alpha value is -3.98. The van der Waals surface area contributed by atoms with E-state index in [9.17, 15) is 9.59 Å². The minimum Gasteiger partial charge on any atom is -0.493 e. The quantitative estimate of drug-likeness (QED) is 0.272. The molecule has 5 rings (SSSR count). The Labute approximate surface area is 218 Å². The van der Waals surface area contributed by atoms with E-state index < -0.39 is 11.9 Å². The lowest BCUT2D eigenvalue weighted by molar-refractivity contribution is -0.123. The summed E-state index contributed by atoms with van der Waals surface area (Å²) < 4.78 is 12.7. The molecule has 0 saturated carbocycles. The number of methoxy groups -OCH3 is 1. The number of nitrogens with zero attached hydrogens (tertiary/aromatic N) is 3. The first-order valence-corrected chi connectivity index (χ1v) is 13.1. The highest BCUT2D eigenvalue weighted by molar-refractivity contribution is 7.18. The van der Waals surface area contributed by atoms with Gasteiger partial charge in [-0.1, -0.05) is 30.3 Å². The Morgan fingerprint density at radius 3 is 2.81 bits per heavy atom. The van der Waals surface area contributed by atoms with Crippen molar-refractivity contribution in [2.45, 2.75) is 45.3 Å². The van der Waals surface area contributed by atoms with Crippen molar-refractivity contribution in [1.29, 1.82) is 0 Å². The predicted octanol–water partition coefficient (Wildman–Crippen LogP) is 4.64. The normalized spacial score (nSPS) is 13.9. The molecule has 37 heavy (non-hydrogen) atoms. The highest BCUT2D eigenvalue weighted by Gasteiger charge is 2.23. The van der Waals surface area contributed by atoms with E-state index in [0.29, 0.717) is 23.5 Å². The summed E-state index contributed by atoms with van der Waals surface area (Å²) >= 11 is 1.59. The molecule has 0 aliphatic heterocycles. The first-order valence-electron chi connectivity index (χ1n) is 12.2. The van der Waals surface area contributed by atoms with Crippen LogP contribution in [0.2, 0.25) is 0 Å². The lowest BCUT2D eigenvalue weighted by Gasteiger charge is -2.14. The second kappa shape index (κ2) is 11.0. The van der Waals surface area contributed by atoms with Crippen LogP contribution in [0.15, 0.2) is 64.8 Å². The summed E-state index contributed by atoms with van der Waals surface area (Å²) in [6.07, 6.45) is 7.07. The van der Waals surface area contributed by atoms with Crippen molar-refractivity contribution < 1.29 is 14.3 Å². The van der Waals surface area contributed by atoms with Crippen molar-refractivity contribution in [1.82, 2.24) is 15.0 Å². The maximum atomic E-state index is 13.2. The summed E-state index contributed by atoms with van der Waals surface area (Å²) in [5.74, 6) is 0.766. The molecule has 1 aliphatic carbocycles. The number of benzene rings is 2. The Bertz CT molecular complexity index is 1510. The number of fused-ring (bicyclic) bond motifs is 3. The molecular formula is C28H28N4O4S. The first-order chi connectivity index (χ1) is 18.0. The van der Waals surface area contributed by atoms with E-state index in [0.717, 1.165) is 47.2 Å². The fraction of sp³-hybridized carbons (Fsp3) is 0.286. The maximum Gasteiger partial charge on any atom is 0.263 e. The molecule has 2 aromatic carbocycles. The number of amides is 1. The molecule has 8 nitrogen and oxygen atoms in total. The van der Waals surface area contributed by atoms with Crippen LogP contribution in [0, 0.1) is 0 Å². The second-order valence-electron chi connectivity index (χ2n) is 8.94. The van der Waals surface area contributed by atoms with Crippen molar-refractivity contribution in [2.24, 2.45) is 5.10 Å². The first kappa shape index (κ1) is 24.7. The number of nitrogens with one attached hydrogen (secondary N) is 1. The van der Waals surface area contributed by atoms with Gasteiger partial charge in [-0.25, -0.2) is 10.4 Å². The molecule has 0 saturated heterocycles. The number of carbonyl (C=O) groups excluding carboxylic acids is 1. The molecule has 1 amide bonds. The fourth-order valence-corrected chi connectivity index (χ4v) is 5.66. The Morgan fingerprint density at radius 2 is 2.00 bits per heavy atom. The van der Waals surface area contributed by atoms with Crippen LogP contribution in [0.4, 0.5) is 0 Å². The van der Waals surface area contributed by atoms with Gasteiger partial charge in [0.15, 0.2) is 11.5 Å². The van der Waals surface area contributed by atoms with Gasteiger partial charge in [-0.05, 0) is 67.5 Å². The molecule has 9 heteroatoms. The zero-order valence-corrected chi connectivity index (χ0v) is 21.6. The van der Waals surface area contributed by atoms with Gasteiger partial charge >= 0.3 is 0 Å². The van der Waals surface area contributed by atoms with Gasteiger partial charge in [0.25, 0.3) is 11.5 Å². The van der Waals surface area contributed by atoms with Crippen LogP contribution in [-0.4, -0.2) is 28.8 Å². The number of hydrazone groups is 1. The van der Waals surface area contributed by atoms with E-state index in [-0.39, 0.29) is 5.56 Å². The van der Waals surface area contributed by atoms with Gasteiger partial charge in [0.1, 0.15) is 17.5 Å². The molecule has 1 N–H and O–H groups in total. The SMILES string of the molecule is COc1cc(/C=N/NC(=O)C(C)n2cnc3sc4c(c3c2=O)CCCC4)ccc1OCc1ccccc1. The Balaban J connectivity index is 1.25.